The molecule has 0 aliphatic heterocycles. The highest BCUT2D eigenvalue weighted by molar-refractivity contribution is 5.00. The Morgan fingerprint density at radius 1 is 1.22 bits per heavy atom. The molecule has 1 atom stereocenters. The van der Waals surface area contributed by atoms with E-state index in [1.807, 2.05) is 0 Å². The van der Waals surface area contributed by atoms with E-state index in [1.54, 1.807) is 0 Å². The van der Waals surface area contributed by atoms with Gasteiger partial charge in [0.15, 0.2) is 0 Å². The van der Waals surface area contributed by atoms with E-state index in [-0.39, 0.29) is 0 Å². The van der Waals surface area contributed by atoms with Crippen LogP contribution in [0.25, 0.3) is 0 Å². The van der Waals surface area contributed by atoms with Crippen molar-refractivity contribution in [1.82, 2.24) is 0 Å². The summed E-state index contributed by atoms with van der Waals surface area (Å²) in [5.74, 6) is 0.963. The fourth-order valence-corrected chi connectivity index (χ4v) is 1.95. The Balaban J connectivity index is 2.52. The molecule has 1 fully saturated rings. The lowest BCUT2D eigenvalue weighted by Gasteiger charge is -2.19. The molecule has 0 aromatic heterocycles. The van der Waals surface area contributed by atoms with Gasteiger partial charge in [-0.3, -0.25) is 0 Å². The van der Waals surface area contributed by atoms with E-state index < -0.39 is 0 Å². The van der Waals surface area contributed by atoms with Crippen molar-refractivity contribution in [3.63, 3.8) is 0 Å². The average molecular weight is 126 g/mol. The first-order valence-electron chi connectivity index (χ1n) is 3.84. The van der Waals surface area contributed by atoms with Gasteiger partial charge in [-0.25, -0.2) is 0 Å². The Labute approximate surface area is 58.7 Å². The van der Waals surface area contributed by atoms with Crippen molar-refractivity contribution in [3.05, 3.63) is 0 Å². The van der Waals surface area contributed by atoms with Crippen LogP contribution in [0.4, 0.5) is 0 Å². The quantitative estimate of drug-likeness (QED) is 0.468. The zero-order chi connectivity index (χ0) is 7.28. The van der Waals surface area contributed by atoms with E-state index in [0.29, 0.717) is 10.8 Å². The number of hydrogen-bond donors (Lipinski definition) is 0. The maximum absolute atomic E-state index is 2.36. The molecule has 1 saturated carbocycles. The number of hydrogen-bond acceptors (Lipinski definition) is 0. The van der Waals surface area contributed by atoms with Gasteiger partial charge < -0.3 is 0 Å². The largest absolute Gasteiger partial charge is 0.0599 e. The summed E-state index contributed by atoms with van der Waals surface area (Å²) in [6.45, 7) is 11.7. The first kappa shape index (κ1) is 7.11. The van der Waals surface area contributed by atoms with Crippen LogP contribution >= 0.6 is 0 Å². The minimum Gasteiger partial charge on any atom is -0.0599 e. The maximum atomic E-state index is 2.36. The van der Waals surface area contributed by atoms with Crippen molar-refractivity contribution in [2.45, 2.75) is 41.0 Å². The predicted octanol–water partition coefficient (Wildman–Crippen LogP) is 3.08. The molecule has 0 saturated heterocycles. The topological polar surface area (TPSA) is 0 Å². The second-order valence-electron chi connectivity index (χ2n) is 5.11. The molecule has 0 aromatic carbocycles. The molecule has 1 aliphatic rings. The van der Waals surface area contributed by atoms with Crippen molar-refractivity contribution in [1.29, 1.82) is 0 Å². The minimum atomic E-state index is 0.545. The van der Waals surface area contributed by atoms with Crippen LogP contribution in [0.2, 0.25) is 0 Å². The Bertz CT molecular complexity index is 114. The normalized spacial score (nSPS) is 32.3. The van der Waals surface area contributed by atoms with Crippen molar-refractivity contribution >= 4 is 0 Å². The summed E-state index contributed by atoms with van der Waals surface area (Å²) < 4.78 is 0. The first-order valence-corrected chi connectivity index (χ1v) is 3.84. The SMILES string of the molecule is CC(C)(C)[C@@H]1CC1(C)C. The molecule has 9 heavy (non-hydrogen) atoms. The van der Waals surface area contributed by atoms with Gasteiger partial charge in [-0.15, -0.1) is 0 Å². The van der Waals surface area contributed by atoms with Crippen LogP contribution in [0.5, 0.6) is 0 Å². The Kier molecular flexibility index (Phi) is 1.21. The molecule has 0 heterocycles. The van der Waals surface area contributed by atoms with E-state index >= 15 is 0 Å². The molecular weight excluding hydrogens is 108 g/mol. The van der Waals surface area contributed by atoms with Crippen LogP contribution < -0.4 is 0 Å². The molecular formula is C9H18. The molecule has 0 radical (unpaired) electrons. The summed E-state index contributed by atoms with van der Waals surface area (Å²) in [7, 11) is 0. The van der Waals surface area contributed by atoms with Gasteiger partial charge in [0.2, 0.25) is 0 Å². The van der Waals surface area contributed by atoms with Crippen LogP contribution in [0.3, 0.4) is 0 Å². The van der Waals surface area contributed by atoms with Crippen molar-refractivity contribution in [2.24, 2.45) is 16.7 Å². The highest BCUT2D eigenvalue weighted by Gasteiger charge is 2.51. The van der Waals surface area contributed by atoms with Crippen LogP contribution in [0, 0.1) is 16.7 Å². The zero-order valence-corrected chi connectivity index (χ0v) is 7.28. The molecule has 1 aliphatic carbocycles. The lowest BCUT2D eigenvalue weighted by atomic mass is 9.86. The van der Waals surface area contributed by atoms with Gasteiger partial charge in [0.25, 0.3) is 0 Å². The molecule has 0 heteroatoms. The molecule has 0 spiro atoms. The fourth-order valence-electron chi connectivity index (χ4n) is 1.95. The molecule has 0 nitrogen and oxygen atoms in total. The van der Waals surface area contributed by atoms with Crippen LogP contribution in [-0.2, 0) is 0 Å². The van der Waals surface area contributed by atoms with Gasteiger partial charge in [0, 0.05) is 0 Å². The lowest BCUT2D eigenvalue weighted by Crippen LogP contribution is -2.11. The third kappa shape index (κ3) is 1.28. The summed E-state index contributed by atoms with van der Waals surface area (Å²) in [5.41, 5.74) is 1.20. The van der Waals surface area contributed by atoms with Gasteiger partial charge in [-0.2, -0.15) is 0 Å². The standard InChI is InChI=1S/C9H18/c1-8(2,3)7-6-9(7,4)5/h7H,6H2,1-5H3/t7-/m0/s1. The van der Waals surface area contributed by atoms with Crippen molar-refractivity contribution in [2.75, 3.05) is 0 Å². The van der Waals surface area contributed by atoms with E-state index in [9.17, 15) is 0 Å². The Hall–Kier alpha value is 0. The van der Waals surface area contributed by atoms with Crippen LogP contribution in [-0.4, -0.2) is 0 Å². The summed E-state index contributed by atoms with van der Waals surface area (Å²) in [6.07, 6.45) is 1.43. The Morgan fingerprint density at radius 2 is 1.56 bits per heavy atom. The average Bonchev–Trinajstić information content (AvgIpc) is 2.10. The summed E-state index contributed by atoms with van der Waals surface area (Å²) in [6, 6.07) is 0. The third-order valence-corrected chi connectivity index (χ3v) is 2.56. The van der Waals surface area contributed by atoms with Crippen molar-refractivity contribution in [3.8, 4) is 0 Å². The lowest BCUT2D eigenvalue weighted by molar-refractivity contribution is 0.301. The van der Waals surface area contributed by atoms with E-state index in [4.69, 9.17) is 0 Å². The summed E-state index contributed by atoms with van der Waals surface area (Å²) in [4.78, 5) is 0. The molecule has 0 amide bonds. The highest BCUT2D eigenvalue weighted by Crippen LogP contribution is 2.60. The summed E-state index contributed by atoms with van der Waals surface area (Å²) >= 11 is 0. The van der Waals surface area contributed by atoms with Crippen LogP contribution in [0.1, 0.15) is 41.0 Å². The maximum Gasteiger partial charge on any atom is -0.0309 e. The second-order valence-corrected chi connectivity index (χ2v) is 5.11. The summed E-state index contributed by atoms with van der Waals surface area (Å²) in [5, 5.41) is 0. The highest BCUT2D eigenvalue weighted by atomic mass is 14.6. The van der Waals surface area contributed by atoms with E-state index in [0.717, 1.165) is 5.92 Å². The van der Waals surface area contributed by atoms with E-state index in [2.05, 4.69) is 34.6 Å². The molecule has 0 N–H and O–H groups in total. The van der Waals surface area contributed by atoms with Gasteiger partial charge in [-0.05, 0) is 23.2 Å². The predicted molar refractivity (Wildman–Crippen MR) is 41.3 cm³/mol. The van der Waals surface area contributed by atoms with Crippen LogP contribution in [0.15, 0.2) is 0 Å². The van der Waals surface area contributed by atoms with Gasteiger partial charge in [0.05, 0.1) is 0 Å². The molecule has 0 unspecified atom stereocenters. The van der Waals surface area contributed by atoms with Gasteiger partial charge in [0.1, 0.15) is 0 Å². The fraction of sp³-hybridized carbons (Fsp3) is 1.00. The third-order valence-electron chi connectivity index (χ3n) is 2.56. The smallest absolute Gasteiger partial charge is 0.0309 e. The molecule has 1 rings (SSSR count). The molecule has 0 bridgehead atoms. The monoisotopic (exact) mass is 126 g/mol. The minimum absolute atomic E-state index is 0.545. The number of rotatable bonds is 0. The van der Waals surface area contributed by atoms with Gasteiger partial charge >= 0.3 is 0 Å². The van der Waals surface area contributed by atoms with Crippen molar-refractivity contribution < 1.29 is 0 Å². The first-order chi connectivity index (χ1) is 3.84. The molecule has 0 aromatic rings. The van der Waals surface area contributed by atoms with Gasteiger partial charge in [-0.1, -0.05) is 34.6 Å². The second kappa shape index (κ2) is 1.53. The Morgan fingerprint density at radius 3 is 1.56 bits per heavy atom. The zero-order valence-electron chi connectivity index (χ0n) is 7.28. The van der Waals surface area contributed by atoms with E-state index in [1.165, 1.54) is 6.42 Å². The molecule has 54 valence electrons.